The highest BCUT2D eigenvalue weighted by atomic mass is 35.5. The Kier molecular flexibility index (Phi) is 7.81. The predicted molar refractivity (Wildman–Crippen MR) is 148 cm³/mol. The number of hydrogen-bond acceptors (Lipinski definition) is 9. The molecule has 2 aliphatic rings. The Hall–Kier alpha value is -4.24. The van der Waals surface area contributed by atoms with E-state index in [-0.39, 0.29) is 58.9 Å². The molecule has 0 unspecified atom stereocenters. The number of aromatic nitrogens is 3. The van der Waals surface area contributed by atoms with Crippen LogP contribution < -0.4 is 20.7 Å². The van der Waals surface area contributed by atoms with Crippen molar-refractivity contribution in [2.75, 3.05) is 25.5 Å². The molecule has 222 valence electrons. The Morgan fingerprint density at radius 2 is 2.10 bits per heavy atom. The fourth-order valence-electron chi connectivity index (χ4n) is 4.57. The van der Waals surface area contributed by atoms with Crippen molar-refractivity contribution in [3.63, 3.8) is 0 Å². The zero-order valence-corrected chi connectivity index (χ0v) is 23.0. The number of pyridine rings is 1. The van der Waals surface area contributed by atoms with Crippen LogP contribution >= 0.6 is 11.6 Å². The van der Waals surface area contributed by atoms with Crippen molar-refractivity contribution in [1.29, 1.82) is 5.41 Å². The smallest absolute Gasteiger partial charge is 0.416 e. The second-order valence-corrected chi connectivity index (χ2v) is 10.00. The fraction of sp³-hybridized carbons (Fsp3) is 0.308. The third-order valence-corrected chi connectivity index (χ3v) is 7.05. The number of hydrogen-bond donors (Lipinski definition) is 4. The standard InChI is InChI=1S/C26H25ClF5N9O/c1-34-20-11-35-17(9-36-20)18(8-33)42-19-10-37-23-22(21(19)27)40(2)24(39-23)38-15-4-3-14(16(7-15)26(30,31)32)12-41-6-5-25(28,29)13-41/h3-4,7-11,33-35H,5-6,12-13H2,1-2H3,(H,37,38,39)/b18-17+,33-8?. The van der Waals surface area contributed by atoms with Crippen molar-refractivity contribution >= 4 is 46.8 Å². The van der Waals surface area contributed by atoms with Gasteiger partial charge in [0.25, 0.3) is 5.92 Å². The van der Waals surface area contributed by atoms with Crippen molar-refractivity contribution in [2.24, 2.45) is 12.0 Å². The molecule has 4 N–H and O–H groups in total. The number of allylic oxidation sites excluding steroid dienone is 2. The number of ether oxygens (including phenoxy) is 1. The molecule has 5 rings (SSSR count). The van der Waals surface area contributed by atoms with Crippen molar-refractivity contribution in [3.05, 3.63) is 64.0 Å². The summed E-state index contributed by atoms with van der Waals surface area (Å²) in [5.74, 6) is -1.97. The molecule has 2 aromatic heterocycles. The highest BCUT2D eigenvalue weighted by Gasteiger charge is 2.40. The van der Waals surface area contributed by atoms with E-state index in [0.29, 0.717) is 17.0 Å². The van der Waals surface area contributed by atoms with Gasteiger partial charge in [0.05, 0.1) is 30.7 Å². The van der Waals surface area contributed by atoms with Gasteiger partial charge in [-0.25, -0.2) is 18.8 Å². The normalized spacial score (nSPS) is 18.0. The molecule has 1 fully saturated rings. The molecular formula is C26H25ClF5N9O. The van der Waals surface area contributed by atoms with Crippen LogP contribution in [0.5, 0.6) is 5.75 Å². The first-order valence-electron chi connectivity index (χ1n) is 12.6. The van der Waals surface area contributed by atoms with Crippen LogP contribution in [0.4, 0.5) is 33.6 Å². The predicted octanol–water partition coefficient (Wildman–Crippen LogP) is 5.16. The Morgan fingerprint density at radius 3 is 2.71 bits per heavy atom. The minimum atomic E-state index is -4.71. The third-order valence-electron chi connectivity index (χ3n) is 6.69. The molecule has 16 heteroatoms. The number of nitrogens with zero attached hydrogens (tertiary/aromatic N) is 5. The number of anilines is 2. The van der Waals surface area contributed by atoms with Gasteiger partial charge in [0.2, 0.25) is 5.95 Å². The van der Waals surface area contributed by atoms with Gasteiger partial charge in [-0.15, -0.1) is 0 Å². The van der Waals surface area contributed by atoms with Crippen molar-refractivity contribution in [1.82, 2.24) is 30.1 Å². The summed E-state index contributed by atoms with van der Waals surface area (Å²) in [6.07, 6.45) is 0.260. The molecule has 0 saturated carbocycles. The molecule has 10 nitrogen and oxygen atoms in total. The summed E-state index contributed by atoms with van der Waals surface area (Å²) in [5, 5.41) is 16.5. The lowest BCUT2D eigenvalue weighted by molar-refractivity contribution is -0.138. The number of imidazole rings is 1. The molecule has 0 bridgehead atoms. The Balaban J connectivity index is 1.41. The average Bonchev–Trinajstić information content (AvgIpc) is 3.46. The molecule has 4 heterocycles. The van der Waals surface area contributed by atoms with E-state index in [4.69, 9.17) is 21.7 Å². The molecular weight excluding hydrogens is 585 g/mol. The molecule has 0 spiro atoms. The summed E-state index contributed by atoms with van der Waals surface area (Å²) < 4.78 is 76.3. The molecule has 3 aromatic rings. The number of nitrogens with one attached hydrogen (secondary N) is 4. The van der Waals surface area contributed by atoms with Gasteiger partial charge in [0.1, 0.15) is 22.1 Å². The van der Waals surface area contributed by atoms with Crippen LogP contribution in [-0.4, -0.2) is 57.9 Å². The highest BCUT2D eigenvalue weighted by Crippen LogP contribution is 2.38. The summed E-state index contributed by atoms with van der Waals surface area (Å²) >= 11 is 6.62. The lowest BCUT2D eigenvalue weighted by Crippen LogP contribution is -2.26. The third kappa shape index (κ3) is 6.01. The van der Waals surface area contributed by atoms with Crippen molar-refractivity contribution < 1.29 is 26.7 Å². The molecule has 0 atom stereocenters. The Labute approximate surface area is 241 Å². The van der Waals surface area contributed by atoms with Gasteiger partial charge < -0.3 is 30.7 Å². The van der Waals surface area contributed by atoms with Crippen LogP contribution in [0.1, 0.15) is 17.5 Å². The maximum Gasteiger partial charge on any atom is 0.416 e. The number of rotatable bonds is 8. The summed E-state index contributed by atoms with van der Waals surface area (Å²) in [6, 6.07) is 3.61. The molecule has 1 saturated heterocycles. The van der Waals surface area contributed by atoms with E-state index in [1.54, 1.807) is 20.3 Å². The van der Waals surface area contributed by atoms with E-state index in [1.165, 1.54) is 34.0 Å². The largest absolute Gasteiger partial charge is 0.450 e. The van der Waals surface area contributed by atoms with E-state index in [0.717, 1.165) is 12.3 Å². The molecule has 0 amide bonds. The zero-order chi connectivity index (χ0) is 30.2. The first-order valence-corrected chi connectivity index (χ1v) is 13.0. The van der Waals surface area contributed by atoms with Crippen LogP contribution in [0.3, 0.4) is 0 Å². The average molecular weight is 610 g/mol. The van der Waals surface area contributed by atoms with Gasteiger partial charge in [0.15, 0.2) is 17.2 Å². The van der Waals surface area contributed by atoms with Gasteiger partial charge in [-0.05, 0) is 17.7 Å². The van der Waals surface area contributed by atoms with Gasteiger partial charge in [-0.2, -0.15) is 18.2 Å². The molecule has 42 heavy (non-hydrogen) atoms. The fourth-order valence-corrected chi connectivity index (χ4v) is 4.87. The minimum Gasteiger partial charge on any atom is -0.450 e. The van der Waals surface area contributed by atoms with Crippen molar-refractivity contribution in [3.8, 4) is 5.75 Å². The lowest BCUT2D eigenvalue weighted by atomic mass is 10.1. The van der Waals surface area contributed by atoms with E-state index in [2.05, 4.69) is 30.9 Å². The zero-order valence-electron chi connectivity index (χ0n) is 22.3. The van der Waals surface area contributed by atoms with E-state index in [1.807, 2.05) is 0 Å². The van der Waals surface area contributed by atoms with Crippen LogP contribution in [0, 0.1) is 5.41 Å². The molecule has 1 aromatic carbocycles. The van der Waals surface area contributed by atoms with Gasteiger partial charge in [0, 0.05) is 45.5 Å². The molecule has 0 aliphatic carbocycles. The summed E-state index contributed by atoms with van der Waals surface area (Å²) in [5.41, 5.74) is -0.0314. The number of aryl methyl sites for hydroxylation is 1. The van der Waals surface area contributed by atoms with Crippen molar-refractivity contribution in [2.45, 2.75) is 25.1 Å². The number of aliphatic imine (C=N–C) groups is 1. The van der Waals surface area contributed by atoms with Gasteiger partial charge in [-0.1, -0.05) is 17.7 Å². The molecule has 0 radical (unpaired) electrons. The second-order valence-electron chi connectivity index (χ2n) is 9.62. The molecule has 2 aliphatic heterocycles. The first-order chi connectivity index (χ1) is 19.9. The topological polar surface area (TPSA) is 115 Å². The van der Waals surface area contributed by atoms with E-state index >= 15 is 0 Å². The SMILES string of the molecule is CNC1=CN/C(=C(\C=N)Oc2cnc3nc(Nc4ccc(CN5CCC(F)(F)C5)c(C(F)(F)F)c4)n(C)c3c2Cl)C=N1. The van der Waals surface area contributed by atoms with Crippen LogP contribution in [-0.2, 0) is 19.8 Å². The summed E-state index contributed by atoms with van der Waals surface area (Å²) in [4.78, 5) is 14.1. The number of benzene rings is 1. The number of fused-ring (bicyclic) bond motifs is 1. The monoisotopic (exact) mass is 609 g/mol. The number of halogens is 6. The maximum absolute atomic E-state index is 13.9. The van der Waals surface area contributed by atoms with Crippen LogP contribution in [0.25, 0.3) is 11.2 Å². The minimum absolute atomic E-state index is 0.0143. The summed E-state index contributed by atoms with van der Waals surface area (Å²) in [6.45, 7) is -0.817. The first kappa shape index (κ1) is 29.3. The summed E-state index contributed by atoms with van der Waals surface area (Å²) in [7, 11) is 3.30. The van der Waals surface area contributed by atoms with Gasteiger partial charge in [-0.3, -0.25) is 4.90 Å². The van der Waals surface area contributed by atoms with E-state index in [9.17, 15) is 22.0 Å². The van der Waals surface area contributed by atoms with Crippen LogP contribution in [0.15, 0.2) is 52.9 Å². The highest BCUT2D eigenvalue weighted by molar-refractivity contribution is 6.36. The number of alkyl halides is 5. The van der Waals surface area contributed by atoms with Gasteiger partial charge >= 0.3 is 6.18 Å². The lowest BCUT2D eigenvalue weighted by Gasteiger charge is -2.20. The van der Waals surface area contributed by atoms with E-state index < -0.39 is 24.2 Å². The van der Waals surface area contributed by atoms with Crippen LogP contribution in [0.2, 0.25) is 5.02 Å². The second kappa shape index (κ2) is 11.2. The quantitative estimate of drug-likeness (QED) is 0.158. The Bertz CT molecular complexity index is 1630. The Morgan fingerprint density at radius 1 is 1.31 bits per heavy atom. The maximum atomic E-state index is 13.9. The number of likely N-dealkylation sites (tertiary alicyclic amines) is 1.